The van der Waals surface area contributed by atoms with Gasteiger partial charge in [0.25, 0.3) is 5.69 Å². The van der Waals surface area contributed by atoms with Gasteiger partial charge in [-0.1, -0.05) is 12.1 Å². The van der Waals surface area contributed by atoms with Crippen molar-refractivity contribution in [3.8, 4) is 17.0 Å². The maximum Gasteiger partial charge on any atom is 0.276 e. The summed E-state index contributed by atoms with van der Waals surface area (Å²) < 4.78 is 5.39. The number of methoxy groups -OCH3 is 1. The van der Waals surface area contributed by atoms with Gasteiger partial charge < -0.3 is 4.74 Å². The highest BCUT2D eigenvalue weighted by Gasteiger charge is 2.18. The van der Waals surface area contributed by atoms with E-state index in [2.05, 4.69) is 23.6 Å². The molecule has 144 valence electrons. The molecule has 0 saturated heterocycles. The highest BCUT2D eigenvalue weighted by atomic mass is 32.1. The molecule has 0 aliphatic heterocycles. The maximum absolute atomic E-state index is 11.2. The van der Waals surface area contributed by atoms with Crippen molar-refractivity contribution in [2.45, 2.75) is 39.0 Å². The van der Waals surface area contributed by atoms with Crippen LogP contribution in [0.15, 0.2) is 35.7 Å². The Hall–Kier alpha value is -2.73. The molecule has 1 aliphatic rings. The van der Waals surface area contributed by atoms with Gasteiger partial charge in [0, 0.05) is 28.5 Å². The van der Waals surface area contributed by atoms with Crippen LogP contribution in [-0.2, 0) is 19.3 Å². The van der Waals surface area contributed by atoms with Crippen molar-refractivity contribution in [2.24, 2.45) is 0 Å². The number of hydrogen-bond acceptors (Lipinski definition) is 5. The van der Waals surface area contributed by atoms with Gasteiger partial charge in [-0.15, -0.1) is 11.3 Å². The highest BCUT2D eigenvalue weighted by molar-refractivity contribution is 7.10. The molecule has 4 rings (SSSR count). The fourth-order valence-corrected chi connectivity index (χ4v) is 4.67. The molecule has 0 amide bonds. The van der Waals surface area contributed by atoms with Crippen LogP contribution in [0.2, 0.25) is 0 Å². The number of nitro benzene ring substituents is 1. The van der Waals surface area contributed by atoms with Crippen LogP contribution in [0, 0.1) is 17.0 Å². The lowest BCUT2D eigenvalue weighted by molar-refractivity contribution is -0.385. The summed E-state index contributed by atoms with van der Waals surface area (Å²) in [6.07, 6.45) is 5.47. The standard InChI is InChI=1S/C22H22N2O3S/c1-14-9-18(21(27-2)12-20(14)24(25)26)11-22-23-19(13-28-22)17-8-7-15-5-3-4-6-16(15)10-17/h7-10,12-13H,3-6,11H2,1-2H3. The van der Waals surface area contributed by atoms with Crippen LogP contribution in [0.25, 0.3) is 11.3 Å². The fourth-order valence-electron chi connectivity index (χ4n) is 3.84. The normalized spacial score (nSPS) is 13.2. The number of nitro groups is 1. The number of nitrogens with zero attached hydrogens (tertiary/aromatic N) is 2. The molecule has 2 aromatic carbocycles. The Morgan fingerprint density at radius 2 is 1.96 bits per heavy atom. The molecule has 1 aliphatic carbocycles. The Kier molecular flexibility index (Phi) is 5.13. The summed E-state index contributed by atoms with van der Waals surface area (Å²) in [5, 5.41) is 14.2. The van der Waals surface area contributed by atoms with E-state index in [9.17, 15) is 10.1 Å². The number of aryl methyl sites for hydroxylation is 3. The molecule has 1 aromatic heterocycles. The van der Waals surface area contributed by atoms with Crippen LogP contribution in [0.4, 0.5) is 5.69 Å². The molecule has 0 bridgehead atoms. The quantitative estimate of drug-likeness (QED) is 0.423. The minimum absolute atomic E-state index is 0.0782. The molecule has 3 aromatic rings. The van der Waals surface area contributed by atoms with Crippen molar-refractivity contribution < 1.29 is 9.66 Å². The maximum atomic E-state index is 11.2. The zero-order valence-electron chi connectivity index (χ0n) is 16.0. The first-order chi connectivity index (χ1) is 13.5. The van der Waals surface area contributed by atoms with E-state index < -0.39 is 0 Å². The van der Waals surface area contributed by atoms with Crippen LogP contribution in [0.3, 0.4) is 0 Å². The Labute approximate surface area is 168 Å². The minimum atomic E-state index is -0.376. The first-order valence-electron chi connectivity index (χ1n) is 9.43. The molecule has 0 N–H and O–H groups in total. The zero-order valence-corrected chi connectivity index (χ0v) is 16.8. The van der Waals surface area contributed by atoms with Gasteiger partial charge in [0.1, 0.15) is 5.75 Å². The molecule has 1 heterocycles. The molecule has 6 heteroatoms. The van der Waals surface area contributed by atoms with E-state index in [4.69, 9.17) is 9.72 Å². The zero-order chi connectivity index (χ0) is 19.7. The second kappa shape index (κ2) is 7.72. The third kappa shape index (κ3) is 3.64. The smallest absolute Gasteiger partial charge is 0.276 e. The predicted octanol–water partition coefficient (Wildman–Crippen LogP) is 5.50. The Morgan fingerprint density at radius 3 is 2.71 bits per heavy atom. The lowest BCUT2D eigenvalue weighted by Gasteiger charge is -2.16. The number of fused-ring (bicyclic) bond motifs is 1. The topological polar surface area (TPSA) is 65.3 Å². The number of thiazole rings is 1. The van der Waals surface area contributed by atoms with E-state index in [1.807, 2.05) is 6.07 Å². The summed E-state index contributed by atoms with van der Waals surface area (Å²) in [4.78, 5) is 15.6. The van der Waals surface area contributed by atoms with Crippen LogP contribution < -0.4 is 4.74 Å². The summed E-state index contributed by atoms with van der Waals surface area (Å²) >= 11 is 1.61. The van der Waals surface area contributed by atoms with Crippen molar-refractivity contribution in [2.75, 3.05) is 7.11 Å². The SMILES string of the molecule is COc1cc([N+](=O)[O-])c(C)cc1Cc1nc(-c2ccc3c(c2)CCCC3)cs1. The van der Waals surface area contributed by atoms with E-state index in [0.717, 1.165) is 28.2 Å². The van der Waals surface area contributed by atoms with E-state index in [1.165, 1.54) is 43.6 Å². The summed E-state index contributed by atoms with van der Waals surface area (Å²) in [5.41, 5.74) is 6.70. The molecule has 28 heavy (non-hydrogen) atoms. The Bertz CT molecular complexity index is 1040. The van der Waals surface area contributed by atoms with Gasteiger partial charge in [0.15, 0.2) is 0 Å². The molecule has 5 nitrogen and oxygen atoms in total. The molecule has 0 radical (unpaired) electrons. The number of rotatable bonds is 5. The third-order valence-electron chi connectivity index (χ3n) is 5.33. The first-order valence-corrected chi connectivity index (χ1v) is 10.3. The van der Waals surface area contributed by atoms with E-state index in [1.54, 1.807) is 18.3 Å². The van der Waals surface area contributed by atoms with Gasteiger partial charge in [-0.05, 0) is 55.9 Å². The molecule has 0 saturated carbocycles. The van der Waals surface area contributed by atoms with Crippen molar-refractivity contribution >= 4 is 17.0 Å². The largest absolute Gasteiger partial charge is 0.496 e. The summed E-state index contributed by atoms with van der Waals surface area (Å²) in [7, 11) is 1.54. The summed E-state index contributed by atoms with van der Waals surface area (Å²) in [5.74, 6) is 0.530. The van der Waals surface area contributed by atoms with Gasteiger partial charge in [-0.3, -0.25) is 10.1 Å². The highest BCUT2D eigenvalue weighted by Crippen LogP contribution is 2.32. The molecule has 0 unspecified atom stereocenters. The molecular formula is C22H22N2O3S. The Morgan fingerprint density at radius 1 is 1.18 bits per heavy atom. The van der Waals surface area contributed by atoms with Crippen LogP contribution in [0.5, 0.6) is 5.75 Å². The van der Waals surface area contributed by atoms with Crippen LogP contribution >= 0.6 is 11.3 Å². The average molecular weight is 394 g/mol. The number of benzene rings is 2. The average Bonchev–Trinajstić information content (AvgIpc) is 3.16. The summed E-state index contributed by atoms with van der Waals surface area (Å²) in [6.45, 7) is 1.75. The van der Waals surface area contributed by atoms with Gasteiger partial charge in [0.05, 0.1) is 28.8 Å². The van der Waals surface area contributed by atoms with Crippen molar-refractivity contribution in [1.29, 1.82) is 0 Å². The molecule has 0 fully saturated rings. The minimum Gasteiger partial charge on any atom is -0.496 e. The lowest BCUT2D eigenvalue weighted by Crippen LogP contribution is -2.02. The molecule has 0 atom stereocenters. The van der Waals surface area contributed by atoms with Crippen molar-refractivity contribution in [3.05, 3.63) is 73.1 Å². The Balaban J connectivity index is 1.60. The predicted molar refractivity (Wildman–Crippen MR) is 111 cm³/mol. The molecule has 0 spiro atoms. The lowest BCUT2D eigenvalue weighted by atomic mass is 9.90. The monoisotopic (exact) mass is 394 g/mol. The van der Waals surface area contributed by atoms with Gasteiger partial charge >= 0.3 is 0 Å². The van der Waals surface area contributed by atoms with E-state index >= 15 is 0 Å². The third-order valence-corrected chi connectivity index (χ3v) is 6.18. The van der Waals surface area contributed by atoms with Crippen molar-refractivity contribution in [3.63, 3.8) is 0 Å². The van der Waals surface area contributed by atoms with Gasteiger partial charge in [-0.2, -0.15) is 0 Å². The molecular weight excluding hydrogens is 372 g/mol. The number of ether oxygens (including phenoxy) is 1. The number of aromatic nitrogens is 1. The van der Waals surface area contributed by atoms with Gasteiger partial charge in [-0.25, -0.2) is 4.98 Å². The van der Waals surface area contributed by atoms with Crippen molar-refractivity contribution in [1.82, 2.24) is 4.98 Å². The van der Waals surface area contributed by atoms with Crippen LogP contribution in [0.1, 0.15) is 40.1 Å². The van der Waals surface area contributed by atoms with E-state index in [-0.39, 0.29) is 10.6 Å². The number of hydrogen-bond donors (Lipinski definition) is 0. The first kappa shape index (κ1) is 18.6. The van der Waals surface area contributed by atoms with Gasteiger partial charge in [0.2, 0.25) is 0 Å². The second-order valence-electron chi connectivity index (χ2n) is 7.20. The second-order valence-corrected chi connectivity index (χ2v) is 8.14. The summed E-state index contributed by atoms with van der Waals surface area (Å²) in [6, 6.07) is 10.0. The van der Waals surface area contributed by atoms with Crippen LogP contribution in [-0.4, -0.2) is 17.0 Å². The fraction of sp³-hybridized carbons (Fsp3) is 0.318. The van der Waals surface area contributed by atoms with E-state index in [0.29, 0.717) is 17.7 Å².